The summed E-state index contributed by atoms with van der Waals surface area (Å²) in [6.07, 6.45) is 0.525. The molecule has 0 fully saturated rings. The lowest BCUT2D eigenvalue weighted by Crippen LogP contribution is -1.99. The zero-order chi connectivity index (χ0) is 13.8. The van der Waals surface area contributed by atoms with Gasteiger partial charge in [0.2, 0.25) is 0 Å². The van der Waals surface area contributed by atoms with Crippen LogP contribution in [0.4, 0.5) is 4.39 Å². The summed E-state index contributed by atoms with van der Waals surface area (Å²) in [5.74, 6) is 0.383. The van der Waals surface area contributed by atoms with E-state index in [-0.39, 0.29) is 11.2 Å². The molecule has 4 heteroatoms. The maximum Gasteiger partial charge on any atom is 0.125 e. The molecule has 1 nitrogen and oxygen atoms in total. The highest BCUT2D eigenvalue weighted by Gasteiger charge is 2.14. The van der Waals surface area contributed by atoms with E-state index in [2.05, 4.69) is 0 Å². The maximum atomic E-state index is 13.1. The Morgan fingerprint density at radius 1 is 1.21 bits per heavy atom. The van der Waals surface area contributed by atoms with Gasteiger partial charge in [-0.15, -0.1) is 11.6 Å². The second kappa shape index (κ2) is 6.27. The van der Waals surface area contributed by atoms with Crippen LogP contribution in [0, 0.1) is 5.82 Å². The largest absolute Gasteiger partial charge is 0.496 e. The zero-order valence-corrected chi connectivity index (χ0v) is 11.9. The first kappa shape index (κ1) is 14.2. The van der Waals surface area contributed by atoms with E-state index in [0.717, 1.165) is 11.1 Å². The lowest BCUT2D eigenvalue weighted by atomic mass is 10.0. The molecule has 0 aliphatic carbocycles. The molecule has 0 aliphatic rings. The number of benzene rings is 2. The lowest BCUT2D eigenvalue weighted by Gasteiger charge is -2.14. The Morgan fingerprint density at radius 2 is 2.00 bits per heavy atom. The third-order valence-electron chi connectivity index (χ3n) is 2.84. The number of alkyl halides is 1. The summed E-state index contributed by atoms with van der Waals surface area (Å²) in [7, 11) is 1.57. The maximum absolute atomic E-state index is 13.1. The van der Waals surface area contributed by atoms with Gasteiger partial charge in [-0.25, -0.2) is 4.39 Å². The molecular formula is C15H13Cl2FO. The van der Waals surface area contributed by atoms with Crippen molar-refractivity contribution < 1.29 is 9.13 Å². The third kappa shape index (κ3) is 3.62. The lowest BCUT2D eigenvalue weighted by molar-refractivity contribution is 0.409. The van der Waals surface area contributed by atoms with Gasteiger partial charge in [-0.3, -0.25) is 0 Å². The molecular weight excluding hydrogens is 286 g/mol. The van der Waals surface area contributed by atoms with Gasteiger partial charge in [0.25, 0.3) is 0 Å². The molecule has 0 N–H and O–H groups in total. The Morgan fingerprint density at radius 3 is 2.68 bits per heavy atom. The Hall–Kier alpha value is -1.25. The molecule has 0 heterocycles. The molecule has 0 aliphatic heterocycles. The number of halogens is 3. The van der Waals surface area contributed by atoms with Gasteiger partial charge in [-0.05, 0) is 36.2 Å². The summed E-state index contributed by atoms with van der Waals surface area (Å²) in [6, 6.07) is 11.7. The van der Waals surface area contributed by atoms with Crippen LogP contribution in [0.2, 0.25) is 5.02 Å². The van der Waals surface area contributed by atoms with E-state index in [0.29, 0.717) is 17.2 Å². The molecule has 19 heavy (non-hydrogen) atoms. The van der Waals surface area contributed by atoms with Crippen molar-refractivity contribution >= 4 is 23.2 Å². The molecule has 0 radical (unpaired) electrons. The van der Waals surface area contributed by atoms with Gasteiger partial charge in [-0.2, -0.15) is 0 Å². The van der Waals surface area contributed by atoms with E-state index < -0.39 is 0 Å². The van der Waals surface area contributed by atoms with Crippen LogP contribution in [0.3, 0.4) is 0 Å². The normalized spacial score (nSPS) is 12.2. The van der Waals surface area contributed by atoms with Crippen molar-refractivity contribution in [2.24, 2.45) is 0 Å². The molecule has 1 atom stereocenters. The highest BCUT2D eigenvalue weighted by Crippen LogP contribution is 2.34. The molecule has 0 bridgehead atoms. The molecule has 0 saturated heterocycles. The monoisotopic (exact) mass is 298 g/mol. The van der Waals surface area contributed by atoms with E-state index in [1.165, 1.54) is 12.1 Å². The van der Waals surface area contributed by atoms with Gasteiger partial charge < -0.3 is 4.74 Å². The van der Waals surface area contributed by atoms with E-state index >= 15 is 0 Å². The smallest absolute Gasteiger partial charge is 0.125 e. The van der Waals surface area contributed by atoms with Crippen molar-refractivity contribution in [2.75, 3.05) is 7.11 Å². The van der Waals surface area contributed by atoms with Crippen molar-refractivity contribution in [3.05, 3.63) is 64.4 Å². The molecule has 2 aromatic carbocycles. The van der Waals surface area contributed by atoms with E-state index in [4.69, 9.17) is 27.9 Å². The Bertz CT molecular complexity index is 572. The first-order chi connectivity index (χ1) is 9.10. The first-order valence-corrected chi connectivity index (χ1v) is 6.63. The highest BCUT2D eigenvalue weighted by molar-refractivity contribution is 6.30. The van der Waals surface area contributed by atoms with Crippen LogP contribution in [-0.2, 0) is 6.42 Å². The van der Waals surface area contributed by atoms with Crippen LogP contribution < -0.4 is 4.74 Å². The number of rotatable bonds is 4. The number of hydrogen-bond donors (Lipinski definition) is 0. The minimum Gasteiger partial charge on any atom is -0.496 e. The van der Waals surface area contributed by atoms with Gasteiger partial charge in [-0.1, -0.05) is 29.8 Å². The average molecular weight is 299 g/mol. The van der Waals surface area contributed by atoms with Crippen LogP contribution in [0.25, 0.3) is 0 Å². The molecule has 2 rings (SSSR count). The number of hydrogen-bond acceptors (Lipinski definition) is 1. The molecule has 0 amide bonds. The molecule has 0 aromatic heterocycles. The first-order valence-electron chi connectivity index (χ1n) is 5.82. The quantitative estimate of drug-likeness (QED) is 0.721. The summed E-state index contributed by atoms with van der Waals surface area (Å²) in [4.78, 5) is 0. The summed E-state index contributed by atoms with van der Waals surface area (Å²) in [5.41, 5.74) is 1.69. The molecule has 0 spiro atoms. The Kier molecular flexibility index (Phi) is 4.67. The van der Waals surface area contributed by atoms with E-state index in [1.807, 2.05) is 12.1 Å². The summed E-state index contributed by atoms with van der Waals surface area (Å²) >= 11 is 12.3. The van der Waals surface area contributed by atoms with E-state index in [9.17, 15) is 4.39 Å². The average Bonchev–Trinajstić information content (AvgIpc) is 2.38. The van der Waals surface area contributed by atoms with Gasteiger partial charge in [0.1, 0.15) is 11.6 Å². The standard InChI is InChI=1S/C15H13Cl2FO/c1-19-15-9-11(16)5-6-13(15)14(17)8-10-3-2-4-12(18)7-10/h2-7,9,14H,8H2,1H3. The molecule has 0 saturated carbocycles. The Labute approximate surface area is 121 Å². The van der Waals surface area contributed by atoms with Crippen LogP contribution in [0.15, 0.2) is 42.5 Å². The fourth-order valence-corrected chi connectivity index (χ4v) is 2.45. The van der Waals surface area contributed by atoms with Crippen LogP contribution in [-0.4, -0.2) is 7.11 Å². The van der Waals surface area contributed by atoms with Gasteiger partial charge >= 0.3 is 0 Å². The molecule has 1 unspecified atom stereocenters. The third-order valence-corrected chi connectivity index (χ3v) is 3.46. The summed E-state index contributed by atoms with van der Waals surface area (Å²) < 4.78 is 18.4. The van der Waals surface area contributed by atoms with Crippen LogP contribution in [0.5, 0.6) is 5.75 Å². The topological polar surface area (TPSA) is 9.23 Å². The fourth-order valence-electron chi connectivity index (χ4n) is 1.92. The van der Waals surface area contributed by atoms with Gasteiger partial charge in [0, 0.05) is 10.6 Å². The minimum atomic E-state index is -0.297. The predicted octanol–water partition coefficient (Wildman–Crippen LogP) is 5.01. The van der Waals surface area contributed by atoms with Crippen LogP contribution >= 0.6 is 23.2 Å². The van der Waals surface area contributed by atoms with Crippen LogP contribution in [0.1, 0.15) is 16.5 Å². The van der Waals surface area contributed by atoms with Crippen molar-refractivity contribution in [3.63, 3.8) is 0 Å². The summed E-state index contributed by atoms with van der Waals surface area (Å²) in [6.45, 7) is 0. The van der Waals surface area contributed by atoms with Gasteiger partial charge in [0.15, 0.2) is 0 Å². The van der Waals surface area contributed by atoms with Crippen molar-refractivity contribution in [2.45, 2.75) is 11.8 Å². The zero-order valence-electron chi connectivity index (χ0n) is 10.4. The minimum absolute atomic E-state index is 0.260. The fraction of sp³-hybridized carbons (Fsp3) is 0.200. The van der Waals surface area contributed by atoms with Crippen molar-refractivity contribution in [3.8, 4) is 5.75 Å². The molecule has 2 aromatic rings. The van der Waals surface area contributed by atoms with Gasteiger partial charge in [0.05, 0.1) is 12.5 Å². The second-order valence-corrected chi connectivity index (χ2v) is 5.15. The Balaban J connectivity index is 2.22. The van der Waals surface area contributed by atoms with E-state index in [1.54, 1.807) is 25.3 Å². The predicted molar refractivity (Wildman–Crippen MR) is 76.7 cm³/mol. The second-order valence-electron chi connectivity index (χ2n) is 4.19. The summed E-state index contributed by atoms with van der Waals surface area (Å²) in [5, 5.41) is 0.296. The van der Waals surface area contributed by atoms with Crippen molar-refractivity contribution in [1.82, 2.24) is 0 Å². The van der Waals surface area contributed by atoms with Crippen molar-refractivity contribution in [1.29, 1.82) is 0 Å². The highest BCUT2D eigenvalue weighted by atomic mass is 35.5. The number of methoxy groups -OCH3 is 1. The number of ether oxygens (including phenoxy) is 1. The SMILES string of the molecule is COc1cc(Cl)ccc1C(Cl)Cc1cccc(F)c1. The molecule has 100 valence electrons.